The minimum absolute atomic E-state index is 0.0195. The first-order valence-electron chi connectivity index (χ1n) is 9.79. The number of hydrogen-bond donors (Lipinski definition) is 3. The monoisotopic (exact) mass is 413 g/mol. The molecule has 0 aromatic heterocycles. The highest BCUT2D eigenvalue weighted by Crippen LogP contribution is 2.17. The van der Waals surface area contributed by atoms with Crippen LogP contribution in [-0.4, -0.2) is 37.5 Å². The van der Waals surface area contributed by atoms with E-state index in [0.29, 0.717) is 32.1 Å². The molecule has 8 nitrogen and oxygen atoms in total. The van der Waals surface area contributed by atoms with Crippen LogP contribution in [0.1, 0.15) is 35.7 Å². The quantitative estimate of drug-likeness (QED) is 0.386. The molecule has 3 N–H and O–H groups in total. The Morgan fingerprint density at radius 1 is 0.833 bits per heavy atom. The molecule has 0 atom stereocenters. The molecular formula is C22H27N3O5. The van der Waals surface area contributed by atoms with Crippen molar-refractivity contribution in [1.82, 2.24) is 16.2 Å². The van der Waals surface area contributed by atoms with Gasteiger partial charge in [0.1, 0.15) is 12.4 Å². The van der Waals surface area contributed by atoms with Gasteiger partial charge in [-0.1, -0.05) is 42.5 Å². The van der Waals surface area contributed by atoms with E-state index in [2.05, 4.69) is 16.2 Å². The van der Waals surface area contributed by atoms with Crippen LogP contribution in [0.3, 0.4) is 0 Å². The average Bonchev–Trinajstić information content (AvgIpc) is 2.78. The maximum atomic E-state index is 12.3. The summed E-state index contributed by atoms with van der Waals surface area (Å²) >= 11 is 0. The molecule has 3 amide bonds. The Labute approximate surface area is 175 Å². The van der Waals surface area contributed by atoms with Crippen LogP contribution in [0.2, 0.25) is 0 Å². The van der Waals surface area contributed by atoms with Crippen LogP contribution in [0.5, 0.6) is 5.75 Å². The van der Waals surface area contributed by atoms with Crippen molar-refractivity contribution < 1.29 is 23.9 Å². The van der Waals surface area contributed by atoms with Crippen molar-refractivity contribution in [2.75, 3.05) is 19.8 Å². The van der Waals surface area contributed by atoms with Crippen LogP contribution in [0, 0.1) is 0 Å². The third kappa shape index (κ3) is 8.32. The Kier molecular flexibility index (Phi) is 9.88. The lowest BCUT2D eigenvalue weighted by molar-refractivity contribution is -0.126. The first kappa shape index (κ1) is 22.9. The minimum atomic E-state index is -0.510. The fraction of sp³-hybridized carbons (Fsp3) is 0.318. The van der Waals surface area contributed by atoms with Crippen LogP contribution in [-0.2, 0) is 20.9 Å². The van der Waals surface area contributed by atoms with E-state index in [-0.39, 0.29) is 24.3 Å². The second-order valence-electron chi connectivity index (χ2n) is 6.31. The third-order valence-electron chi connectivity index (χ3n) is 4.05. The molecule has 8 heteroatoms. The highest BCUT2D eigenvalue weighted by atomic mass is 16.5. The normalized spacial score (nSPS) is 10.2. The zero-order chi connectivity index (χ0) is 21.6. The molecule has 0 radical (unpaired) electrons. The van der Waals surface area contributed by atoms with Gasteiger partial charge in [0.05, 0.1) is 12.2 Å². The summed E-state index contributed by atoms with van der Waals surface area (Å²) in [7, 11) is 0. The van der Waals surface area contributed by atoms with E-state index in [9.17, 15) is 14.4 Å². The van der Waals surface area contributed by atoms with Gasteiger partial charge in [0.2, 0.25) is 11.8 Å². The summed E-state index contributed by atoms with van der Waals surface area (Å²) in [5.41, 5.74) is 5.92. The predicted octanol–water partition coefficient (Wildman–Crippen LogP) is 1.96. The van der Waals surface area contributed by atoms with Gasteiger partial charge in [-0.05, 0) is 24.6 Å². The predicted molar refractivity (Wildman–Crippen MR) is 112 cm³/mol. The van der Waals surface area contributed by atoms with Gasteiger partial charge in [-0.2, -0.15) is 0 Å². The minimum Gasteiger partial charge on any atom is -0.490 e. The van der Waals surface area contributed by atoms with Crippen molar-refractivity contribution in [3.05, 3.63) is 65.7 Å². The maximum Gasteiger partial charge on any atom is 0.273 e. The molecular weight excluding hydrogens is 386 g/mol. The molecule has 2 aromatic carbocycles. The molecule has 0 bridgehead atoms. The molecule has 0 saturated heterocycles. The van der Waals surface area contributed by atoms with Gasteiger partial charge in [-0.3, -0.25) is 25.2 Å². The first-order chi connectivity index (χ1) is 14.6. The Hall–Kier alpha value is -3.39. The number of rotatable bonds is 11. The summed E-state index contributed by atoms with van der Waals surface area (Å²) in [5, 5.41) is 2.75. The van der Waals surface area contributed by atoms with E-state index >= 15 is 0 Å². The Balaban J connectivity index is 1.71. The van der Waals surface area contributed by atoms with Crippen LogP contribution in [0.4, 0.5) is 0 Å². The summed E-state index contributed by atoms with van der Waals surface area (Å²) in [4.78, 5) is 36.1. The van der Waals surface area contributed by atoms with E-state index in [4.69, 9.17) is 9.47 Å². The third-order valence-corrected chi connectivity index (χ3v) is 4.05. The molecule has 0 aliphatic carbocycles. The van der Waals surface area contributed by atoms with Crippen LogP contribution in [0.25, 0.3) is 0 Å². The number of ether oxygens (including phenoxy) is 2. The van der Waals surface area contributed by atoms with Crippen LogP contribution < -0.4 is 20.9 Å². The molecule has 0 unspecified atom stereocenters. The molecule has 2 rings (SSSR count). The van der Waals surface area contributed by atoms with E-state index < -0.39 is 11.8 Å². The molecule has 30 heavy (non-hydrogen) atoms. The largest absolute Gasteiger partial charge is 0.490 e. The first-order valence-corrected chi connectivity index (χ1v) is 9.79. The van der Waals surface area contributed by atoms with E-state index in [1.54, 1.807) is 24.3 Å². The second kappa shape index (κ2) is 12.9. The molecule has 2 aromatic rings. The zero-order valence-corrected chi connectivity index (χ0v) is 17.0. The van der Waals surface area contributed by atoms with Crippen molar-refractivity contribution in [1.29, 1.82) is 0 Å². The van der Waals surface area contributed by atoms with E-state index in [1.165, 1.54) is 0 Å². The summed E-state index contributed by atoms with van der Waals surface area (Å²) in [5.74, 6) is -0.825. The van der Waals surface area contributed by atoms with Gasteiger partial charge in [-0.25, -0.2) is 0 Å². The summed E-state index contributed by atoms with van der Waals surface area (Å²) in [6, 6.07) is 16.2. The number of hydrazine groups is 1. The number of para-hydroxylation sites is 1. The van der Waals surface area contributed by atoms with Crippen molar-refractivity contribution in [2.24, 2.45) is 0 Å². The number of carbonyl (C=O) groups is 3. The van der Waals surface area contributed by atoms with Crippen molar-refractivity contribution in [2.45, 2.75) is 26.3 Å². The van der Waals surface area contributed by atoms with Gasteiger partial charge in [0, 0.05) is 26.0 Å². The highest BCUT2D eigenvalue weighted by molar-refractivity contribution is 5.98. The Bertz CT molecular complexity index is 827. The molecule has 0 spiro atoms. The maximum absolute atomic E-state index is 12.3. The number of carbonyl (C=O) groups excluding carboxylic acids is 3. The lowest BCUT2D eigenvalue weighted by Crippen LogP contribution is -2.42. The number of amides is 3. The smallest absolute Gasteiger partial charge is 0.273 e. The molecule has 0 aliphatic rings. The van der Waals surface area contributed by atoms with E-state index in [1.807, 2.05) is 37.3 Å². The summed E-state index contributed by atoms with van der Waals surface area (Å²) < 4.78 is 10.8. The van der Waals surface area contributed by atoms with Gasteiger partial charge >= 0.3 is 0 Å². The topological polar surface area (TPSA) is 106 Å². The number of nitrogens with one attached hydrogen (secondary N) is 3. The molecule has 0 heterocycles. The lowest BCUT2D eigenvalue weighted by atomic mass is 10.2. The van der Waals surface area contributed by atoms with Crippen molar-refractivity contribution in [3.8, 4) is 5.75 Å². The van der Waals surface area contributed by atoms with Crippen LogP contribution in [0.15, 0.2) is 54.6 Å². The zero-order valence-electron chi connectivity index (χ0n) is 17.0. The Morgan fingerprint density at radius 2 is 1.53 bits per heavy atom. The molecule has 0 aliphatic heterocycles. The second-order valence-corrected chi connectivity index (χ2v) is 6.31. The van der Waals surface area contributed by atoms with Gasteiger partial charge in [0.15, 0.2) is 0 Å². The number of hydrogen-bond acceptors (Lipinski definition) is 5. The van der Waals surface area contributed by atoms with Crippen LogP contribution >= 0.6 is 0 Å². The number of benzene rings is 2. The fourth-order valence-corrected chi connectivity index (χ4v) is 2.50. The molecule has 0 saturated carbocycles. The fourth-order valence-electron chi connectivity index (χ4n) is 2.50. The average molecular weight is 413 g/mol. The molecule has 160 valence electrons. The van der Waals surface area contributed by atoms with Gasteiger partial charge in [-0.15, -0.1) is 0 Å². The molecule has 0 fully saturated rings. The van der Waals surface area contributed by atoms with Gasteiger partial charge in [0.25, 0.3) is 5.91 Å². The lowest BCUT2D eigenvalue weighted by Gasteiger charge is -2.12. The highest BCUT2D eigenvalue weighted by Gasteiger charge is 2.13. The SMILES string of the molecule is CCOCCOc1ccccc1C(=O)NNC(=O)CCC(=O)NCc1ccccc1. The Morgan fingerprint density at radius 3 is 2.30 bits per heavy atom. The van der Waals surface area contributed by atoms with E-state index in [0.717, 1.165) is 5.56 Å². The summed E-state index contributed by atoms with van der Waals surface area (Å²) in [6.07, 6.45) is -0.0287. The standard InChI is InChI=1S/C22H27N3O5/c1-2-29-14-15-30-19-11-7-6-10-18(19)22(28)25-24-21(27)13-12-20(26)23-16-17-8-4-3-5-9-17/h3-11H,2,12-16H2,1H3,(H,23,26)(H,24,27)(H,25,28). The summed E-state index contributed by atoms with van der Waals surface area (Å²) in [6.45, 7) is 3.59. The van der Waals surface area contributed by atoms with Gasteiger partial charge < -0.3 is 14.8 Å². The van der Waals surface area contributed by atoms with Crippen molar-refractivity contribution >= 4 is 17.7 Å². The van der Waals surface area contributed by atoms with Crippen molar-refractivity contribution in [3.63, 3.8) is 0 Å².